The summed E-state index contributed by atoms with van der Waals surface area (Å²) in [4.78, 5) is 2.48. The Morgan fingerprint density at radius 3 is 2.56 bits per heavy atom. The van der Waals surface area contributed by atoms with Crippen molar-refractivity contribution in [3.63, 3.8) is 0 Å². The second kappa shape index (κ2) is 5.94. The Kier molecular flexibility index (Phi) is 4.52. The molecule has 0 aliphatic carbocycles. The van der Waals surface area contributed by atoms with Crippen molar-refractivity contribution in [1.29, 1.82) is 0 Å². The lowest BCUT2D eigenvalue weighted by atomic mass is 10.0. The second-order valence-corrected chi connectivity index (χ2v) is 5.78. The second-order valence-electron chi connectivity index (χ2n) is 5.38. The first-order valence-electron chi connectivity index (χ1n) is 6.86. The van der Waals surface area contributed by atoms with Crippen LogP contribution in [0.15, 0.2) is 18.2 Å². The van der Waals surface area contributed by atoms with Crippen LogP contribution in [0.1, 0.15) is 26.3 Å². The molecule has 18 heavy (non-hydrogen) atoms. The Hall–Kier alpha value is -0.730. The molecule has 0 aromatic heterocycles. The first-order valence-corrected chi connectivity index (χ1v) is 7.24. The summed E-state index contributed by atoms with van der Waals surface area (Å²) in [5.41, 5.74) is 2.54. The molecule has 1 fully saturated rings. The fourth-order valence-corrected chi connectivity index (χ4v) is 2.83. The smallest absolute Gasteiger partial charge is 0.0471 e. The number of halogens is 1. The lowest BCUT2D eigenvalue weighted by Gasteiger charge is -2.23. The quantitative estimate of drug-likeness (QED) is 0.897. The van der Waals surface area contributed by atoms with E-state index in [0.29, 0.717) is 0 Å². The van der Waals surface area contributed by atoms with E-state index in [-0.39, 0.29) is 0 Å². The van der Waals surface area contributed by atoms with Crippen molar-refractivity contribution >= 4 is 17.3 Å². The molecule has 1 aliphatic heterocycles. The summed E-state index contributed by atoms with van der Waals surface area (Å²) in [6, 6.07) is 6.24. The highest BCUT2D eigenvalue weighted by atomic mass is 35.5. The van der Waals surface area contributed by atoms with E-state index in [1.807, 2.05) is 6.07 Å². The van der Waals surface area contributed by atoms with Crippen molar-refractivity contribution in [2.24, 2.45) is 11.8 Å². The molecule has 3 heteroatoms. The van der Waals surface area contributed by atoms with Crippen LogP contribution in [-0.2, 0) is 6.54 Å². The lowest BCUT2D eigenvalue weighted by Crippen LogP contribution is -2.23. The van der Waals surface area contributed by atoms with Gasteiger partial charge in [0.1, 0.15) is 0 Å². The number of rotatable bonds is 4. The molecule has 2 unspecified atom stereocenters. The number of benzene rings is 1. The highest BCUT2D eigenvalue weighted by molar-refractivity contribution is 6.31. The first kappa shape index (κ1) is 13.7. The van der Waals surface area contributed by atoms with Gasteiger partial charge in [-0.25, -0.2) is 0 Å². The van der Waals surface area contributed by atoms with Gasteiger partial charge in [-0.2, -0.15) is 0 Å². The zero-order chi connectivity index (χ0) is 13.1. The standard InChI is InChI=1S/C15H23ClN2/c1-4-17-8-13-14(16)6-5-7-15(13)18-9-11(2)12(3)10-18/h5-7,11-12,17H,4,8-10H2,1-3H3. The van der Waals surface area contributed by atoms with Gasteiger partial charge < -0.3 is 10.2 Å². The van der Waals surface area contributed by atoms with Crippen LogP contribution >= 0.6 is 11.6 Å². The molecular weight excluding hydrogens is 244 g/mol. The van der Waals surface area contributed by atoms with Crippen LogP contribution in [0.3, 0.4) is 0 Å². The van der Waals surface area contributed by atoms with E-state index < -0.39 is 0 Å². The Bertz CT molecular complexity index is 395. The molecular formula is C15H23ClN2. The van der Waals surface area contributed by atoms with E-state index in [4.69, 9.17) is 11.6 Å². The van der Waals surface area contributed by atoms with E-state index in [1.54, 1.807) is 0 Å². The van der Waals surface area contributed by atoms with Crippen LogP contribution in [0, 0.1) is 11.8 Å². The highest BCUT2D eigenvalue weighted by Crippen LogP contribution is 2.33. The van der Waals surface area contributed by atoms with Gasteiger partial charge in [-0.15, -0.1) is 0 Å². The van der Waals surface area contributed by atoms with Crippen molar-refractivity contribution in [3.8, 4) is 0 Å². The van der Waals surface area contributed by atoms with Gasteiger partial charge in [-0.05, 0) is 30.5 Å². The van der Waals surface area contributed by atoms with Crippen molar-refractivity contribution in [2.45, 2.75) is 27.3 Å². The average molecular weight is 267 g/mol. The Morgan fingerprint density at radius 1 is 1.28 bits per heavy atom. The fourth-order valence-electron chi connectivity index (χ4n) is 2.59. The van der Waals surface area contributed by atoms with Gasteiger partial charge in [-0.3, -0.25) is 0 Å². The molecule has 0 bridgehead atoms. The molecule has 0 amide bonds. The number of hydrogen-bond acceptors (Lipinski definition) is 2. The monoisotopic (exact) mass is 266 g/mol. The van der Waals surface area contributed by atoms with Crippen molar-refractivity contribution in [1.82, 2.24) is 5.32 Å². The SMILES string of the molecule is CCNCc1c(Cl)cccc1N1CC(C)C(C)C1. The van der Waals surface area contributed by atoms with Crippen molar-refractivity contribution in [2.75, 3.05) is 24.5 Å². The third-order valence-corrected chi connectivity index (χ3v) is 4.33. The van der Waals surface area contributed by atoms with Gasteiger partial charge in [0.25, 0.3) is 0 Å². The molecule has 1 aromatic rings. The topological polar surface area (TPSA) is 15.3 Å². The summed E-state index contributed by atoms with van der Waals surface area (Å²) in [6.07, 6.45) is 0. The summed E-state index contributed by atoms with van der Waals surface area (Å²) in [7, 11) is 0. The minimum Gasteiger partial charge on any atom is -0.371 e. The first-order chi connectivity index (χ1) is 8.63. The molecule has 1 aliphatic rings. The molecule has 0 radical (unpaired) electrons. The minimum atomic E-state index is 0.760. The molecule has 100 valence electrons. The molecule has 1 aromatic carbocycles. The van der Waals surface area contributed by atoms with Gasteiger partial charge in [0.15, 0.2) is 0 Å². The van der Waals surface area contributed by atoms with Gasteiger partial charge >= 0.3 is 0 Å². The van der Waals surface area contributed by atoms with Crippen LogP contribution in [0.2, 0.25) is 5.02 Å². The van der Waals surface area contributed by atoms with Gasteiger partial charge in [-0.1, -0.05) is 38.4 Å². The predicted octanol–water partition coefficient (Wildman–Crippen LogP) is 3.54. The normalized spacial score (nSPS) is 23.7. The lowest BCUT2D eigenvalue weighted by molar-refractivity contribution is 0.494. The van der Waals surface area contributed by atoms with E-state index >= 15 is 0 Å². The zero-order valence-electron chi connectivity index (χ0n) is 11.5. The highest BCUT2D eigenvalue weighted by Gasteiger charge is 2.27. The van der Waals surface area contributed by atoms with Gasteiger partial charge in [0.05, 0.1) is 0 Å². The minimum absolute atomic E-state index is 0.760. The molecule has 1 heterocycles. The van der Waals surface area contributed by atoms with Crippen molar-refractivity contribution < 1.29 is 0 Å². The maximum Gasteiger partial charge on any atom is 0.0471 e. The number of hydrogen-bond donors (Lipinski definition) is 1. The van der Waals surface area contributed by atoms with Crippen molar-refractivity contribution in [3.05, 3.63) is 28.8 Å². The largest absolute Gasteiger partial charge is 0.371 e. The summed E-state index contributed by atoms with van der Waals surface area (Å²) in [5.74, 6) is 1.52. The molecule has 0 spiro atoms. The molecule has 2 nitrogen and oxygen atoms in total. The van der Waals surface area contributed by atoms with Crippen LogP contribution in [0.5, 0.6) is 0 Å². The average Bonchev–Trinajstić information content (AvgIpc) is 2.68. The Labute approximate surface area is 115 Å². The molecule has 1 N–H and O–H groups in total. The molecule has 1 saturated heterocycles. The molecule has 0 saturated carbocycles. The van der Waals surface area contributed by atoms with E-state index in [9.17, 15) is 0 Å². The number of nitrogens with zero attached hydrogens (tertiary/aromatic N) is 1. The van der Waals surface area contributed by atoms with E-state index in [1.165, 1.54) is 11.3 Å². The Morgan fingerprint density at radius 2 is 1.94 bits per heavy atom. The van der Waals surface area contributed by atoms with Crippen LogP contribution in [0.4, 0.5) is 5.69 Å². The van der Waals surface area contributed by atoms with Crippen LogP contribution in [-0.4, -0.2) is 19.6 Å². The summed E-state index contributed by atoms with van der Waals surface area (Å²) < 4.78 is 0. The predicted molar refractivity (Wildman–Crippen MR) is 79.4 cm³/mol. The molecule has 2 rings (SSSR count). The fraction of sp³-hybridized carbons (Fsp3) is 0.600. The van der Waals surface area contributed by atoms with Crippen LogP contribution < -0.4 is 10.2 Å². The number of nitrogens with one attached hydrogen (secondary N) is 1. The van der Waals surface area contributed by atoms with Gasteiger partial charge in [0.2, 0.25) is 0 Å². The van der Waals surface area contributed by atoms with E-state index in [0.717, 1.165) is 43.0 Å². The maximum atomic E-state index is 6.35. The maximum absolute atomic E-state index is 6.35. The third kappa shape index (κ3) is 2.81. The molecule has 2 atom stereocenters. The van der Waals surface area contributed by atoms with Gasteiger partial charge in [0, 0.05) is 35.9 Å². The zero-order valence-corrected chi connectivity index (χ0v) is 12.3. The van der Waals surface area contributed by atoms with E-state index in [2.05, 4.69) is 43.1 Å². The Balaban J connectivity index is 2.24. The number of anilines is 1. The summed E-state index contributed by atoms with van der Waals surface area (Å²) >= 11 is 6.35. The van der Waals surface area contributed by atoms with Crippen LogP contribution in [0.25, 0.3) is 0 Å². The third-order valence-electron chi connectivity index (χ3n) is 3.97. The summed E-state index contributed by atoms with van der Waals surface area (Å²) in [6.45, 7) is 10.9. The summed E-state index contributed by atoms with van der Waals surface area (Å²) in [5, 5.41) is 4.26.